The Hall–Kier alpha value is -6.45. The maximum atomic E-state index is 14.1. The number of nitriles is 1. The van der Waals surface area contributed by atoms with Crippen molar-refractivity contribution in [3.05, 3.63) is 157 Å². The van der Waals surface area contributed by atoms with Crippen LogP contribution in [0, 0.1) is 17.1 Å². The Morgan fingerprint density at radius 3 is 1.72 bits per heavy atom. The number of fused-ring (bicyclic) bond motifs is 3. The van der Waals surface area contributed by atoms with Gasteiger partial charge in [0.1, 0.15) is 5.82 Å². The number of hydrogen-bond acceptors (Lipinski definition) is 4. The van der Waals surface area contributed by atoms with Gasteiger partial charge in [-0.25, -0.2) is 19.3 Å². The highest BCUT2D eigenvalue weighted by Crippen LogP contribution is 2.38. The van der Waals surface area contributed by atoms with E-state index in [2.05, 4.69) is 28.8 Å². The molecule has 8 aromatic rings. The van der Waals surface area contributed by atoms with Crippen molar-refractivity contribution in [2.75, 3.05) is 0 Å². The van der Waals surface area contributed by atoms with Crippen molar-refractivity contribution in [2.45, 2.75) is 0 Å². The van der Waals surface area contributed by atoms with Crippen LogP contribution in [0.3, 0.4) is 0 Å². The van der Waals surface area contributed by atoms with E-state index in [4.69, 9.17) is 15.0 Å². The minimum Gasteiger partial charge on any atom is -0.309 e. The molecule has 0 aliphatic heterocycles. The van der Waals surface area contributed by atoms with E-state index in [-0.39, 0.29) is 5.82 Å². The Morgan fingerprint density at radius 1 is 0.500 bits per heavy atom. The van der Waals surface area contributed by atoms with E-state index in [1.165, 1.54) is 12.1 Å². The summed E-state index contributed by atoms with van der Waals surface area (Å²) in [4.78, 5) is 14.8. The summed E-state index contributed by atoms with van der Waals surface area (Å²) in [5.41, 5.74) is 7.77. The van der Waals surface area contributed by atoms with Gasteiger partial charge in [-0.05, 0) is 48.0 Å². The van der Waals surface area contributed by atoms with E-state index in [1.807, 2.05) is 103 Å². The van der Waals surface area contributed by atoms with Crippen LogP contribution in [0.25, 0.3) is 72.8 Å². The second-order valence-electron chi connectivity index (χ2n) is 11.0. The predicted molar refractivity (Wildman–Crippen MR) is 181 cm³/mol. The third kappa shape index (κ3) is 4.77. The topological polar surface area (TPSA) is 67.4 Å². The van der Waals surface area contributed by atoms with Crippen molar-refractivity contribution in [3.8, 4) is 57.0 Å². The second-order valence-corrected chi connectivity index (χ2v) is 11.0. The Bertz CT molecular complexity index is 2370. The standard InChI is InChI=1S/C40H24FN5/c41-31-19-16-27(17-20-31)32-21-18-30(24-37(32)46-35-14-8-7-13-33(35)34-23-26(25-42)15-22-36(34)46)40-44-38(28-9-3-1-4-10-28)43-39(45-40)29-11-5-2-6-12-29/h1-24H. The van der Waals surface area contributed by atoms with Gasteiger partial charge in [-0.2, -0.15) is 5.26 Å². The molecule has 8 rings (SSSR count). The normalized spacial score (nSPS) is 11.1. The fraction of sp³-hybridized carbons (Fsp3) is 0. The molecule has 0 aliphatic carbocycles. The zero-order valence-electron chi connectivity index (χ0n) is 24.5. The molecule has 46 heavy (non-hydrogen) atoms. The second kappa shape index (κ2) is 11.2. The van der Waals surface area contributed by atoms with Crippen molar-refractivity contribution < 1.29 is 4.39 Å². The largest absolute Gasteiger partial charge is 0.309 e. The first-order chi connectivity index (χ1) is 22.7. The molecular weight excluding hydrogens is 569 g/mol. The molecule has 0 unspecified atom stereocenters. The summed E-state index contributed by atoms with van der Waals surface area (Å²) >= 11 is 0. The van der Waals surface area contributed by atoms with Crippen LogP contribution in [0.5, 0.6) is 0 Å². The molecule has 0 aliphatic rings. The quantitative estimate of drug-likeness (QED) is 0.199. The summed E-state index contributed by atoms with van der Waals surface area (Å²) in [6.45, 7) is 0. The average molecular weight is 594 g/mol. The highest BCUT2D eigenvalue weighted by atomic mass is 19.1. The minimum absolute atomic E-state index is 0.296. The van der Waals surface area contributed by atoms with Crippen LogP contribution in [0.4, 0.5) is 4.39 Å². The molecule has 0 saturated carbocycles. The molecule has 0 bridgehead atoms. The molecule has 5 nitrogen and oxygen atoms in total. The Kier molecular flexibility index (Phi) is 6.63. The molecule has 0 saturated heterocycles. The van der Waals surface area contributed by atoms with E-state index < -0.39 is 0 Å². The molecule has 6 heteroatoms. The first-order valence-corrected chi connectivity index (χ1v) is 14.9. The van der Waals surface area contributed by atoms with Gasteiger partial charge in [-0.3, -0.25) is 0 Å². The summed E-state index contributed by atoms with van der Waals surface area (Å²) in [7, 11) is 0. The van der Waals surface area contributed by atoms with Gasteiger partial charge in [0, 0.05) is 33.0 Å². The third-order valence-electron chi connectivity index (χ3n) is 8.15. The number of para-hydroxylation sites is 1. The molecule has 216 valence electrons. The number of halogens is 1. The van der Waals surface area contributed by atoms with Crippen molar-refractivity contribution in [1.82, 2.24) is 19.5 Å². The molecular formula is C40H24FN5. The summed E-state index contributed by atoms with van der Waals surface area (Å²) in [6, 6.07) is 48.6. The van der Waals surface area contributed by atoms with Gasteiger partial charge in [0.15, 0.2) is 17.5 Å². The number of benzene rings is 6. The van der Waals surface area contributed by atoms with Gasteiger partial charge in [-0.1, -0.05) is 103 Å². The maximum absolute atomic E-state index is 14.1. The molecule has 0 radical (unpaired) electrons. The van der Waals surface area contributed by atoms with E-state index in [9.17, 15) is 9.65 Å². The molecule has 6 aromatic carbocycles. The molecule has 2 heterocycles. The van der Waals surface area contributed by atoms with Crippen molar-refractivity contribution >= 4 is 21.8 Å². The lowest BCUT2D eigenvalue weighted by molar-refractivity contribution is 0.628. The first kappa shape index (κ1) is 27.1. The molecule has 0 N–H and O–H groups in total. The van der Waals surface area contributed by atoms with Crippen LogP contribution in [-0.4, -0.2) is 19.5 Å². The van der Waals surface area contributed by atoms with Gasteiger partial charge in [0.05, 0.1) is 28.4 Å². The van der Waals surface area contributed by atoms with Crippen LogP contribution < -0.4 is 0 Å². The zero-order chi connectivity index (χ0) is 31.0. The summed E-state index contributed by atoms with van der Waals surface area (Å²) in [5.74, 6) is 1.39. The van der Waals surface area contributed by atoms with Gasteiger partial charge in [0.2, 0.25) is 0 Å². The Balaban J connectivity index is 1.42. The summed E-state index contributed by atoms with van der Waals surface area (Å²) in [5, 5.41) is 11.7. The smallest absolute Gasteiger partial charge is 0.164 e. The fourth-order valence-corrected chi connectivity index (χ4v) is 5.97. The highest BCUT2D eigenvalue weighted by Gasteiger charge is 2.19. The Morgan fingerprint density at radius 2 is 1.07 bits per heavy atom. The van der Waals surface area contributed by atoms with Gasteiger partial charge in [0.25, 0.3) is 0 Å². The van der Waals surface area contributed by atoms with Crippen molar-refractivity contribution in [2.24, 2.45) is 0 Å². The monoisotopic (exact) mass is 593 g/mol. The fourth-order valence-electron chi connectivity index (χ4n) is 5.97. The summed E-state index contributed by atoms with van der Waals surface area (Å²) in [6.07, 6.45) is 0. The molecule has 0 amide bonds. The van der Waals surface area contributed by atoms with Gasteiger partial charge >= 0.3 is 0 Å². The van der Waals surface area contributed by atoms with Crippen LogP contribution in [0.15, 0.2) is 146 Å². The summed E-state index contributed by atoms with van der Waals surface area (Å²) < 4.78 is 16.3. The Labute approximate surface area is 264 Å². The maximum Gasteiger partial charge on any atom is 0.164 e. The number of hydrogen-bond donors (Lipinski definition) is 0. The van der Waals surface area contributed by atoms with Gasteiger partial charge < -0.3 is 4.57 Å². The lowest BCUT2D eigenvalue weighted by atomic mass is 10.0. The van der Waals surface area contributed by atoms with Crippen LogP contribution in [0.2, 0.25) is 0 Å². The van der Waals surface area contributed by atoms with Crippen LogP contribution in [0.1, 0.15) is 5.56 Å². The minimum atomic E-state index is -0.296. The number of aromatic nitrogens is 4. The zero-order valence-corrected chi connectivity index (χ0v) is 24.5. The van der Waals surface area contributed by atoms with E-state index in [0.29, 0.717) is 23.0 Å². The van der Waals surface area contributed by atoms with Crippen molar-refractivity contribution in [1.29, 1.82) is 5.26 Å². The molecule has 0 fully saturated rings. The highest BCUT2D eigenvalue weighted by molar-refractivity contribution is 6.10. The first-order valence-electron chi connectivity index (χ1n) is 14.9. The van der Waals surface area contributed by atoms with Gasteiger partial charge in [-0.15, -0.1) is 0 Å². The number of rotatable bonds is 5. The molecule has 0 spiro atoms. The van der Waals surface area contributed by atoms with E-state index >= 15 is 0 Å². The lowest BCUT2D eigenvalue weighted by Gasteiger charge is -2.16. The van der Waals surface area contributed by atoms with E-state index in [0.717, 1.165) is 55.3 Å². The third-order valence-corrected chi connectivity index (χ3v) is 8.15. The predicted octanol–water partition coefficient (Wildman–Crippen LogP) is 9.65. The van der Waals surface area contributed by atoms with Crippen LogP contribution >= 0.6 is 0 Å². The molecule has 2 aromatic heterocycles. The van der Waals surface area contributed by atoms with E-state index in [1.54, 1.807) is 12.1 Å². The SMILES string of the molecule is N#Cc1ccc2c(c1)c1ccccc1n2-c1cc(-c2nc(-c3ccccc3)nc(-c3ccccc3)n2)ccc1-c1ccc(F)cc1. The lowest BCUT2D eigenvalue weighted by Crippen LogP contribution is -2.02. The number of nitrogens with zero attached hydrogens (tertiary/aromatic N) is 5. The average Bonchev–Trinajstić information content (AvgIpc) is 3.46. The van der Waals surface area contributed by atoms with Crippen LogP contribution in [-0.2, 0) is 0 Å². The van der Waals surface area contributed by atoms with Crippen molar-refractivity contribution in [3.63, 3.8) is 0 Å². The molecule has 0 atom stereocenters.